The summed E-state index contributed by atoms with van der Waals surface area (Å²) in [6, 6.07) is 0.216. The highest BCUT2D eigenvalue weighted by molar-refractivity contribution is 7.98. The van der Waals surface area contributed by atoms with Crippen molar-refractivity contribution in [2.24, 2.45) is 11.1 Å². The molecule has 1 unspecified atom stereocenters. The molecule has 0 aliphatic heterocycles. The van der Waals surface area contributed by atoms with E-state index < -0.39 is 5.41 Å². The van der Waals surface area contributed by atoms with Gasteiger partial charge in [0.15, 0.2) is 0 Å². The Bertz CT molecular complexity index is 267. The van der Waals surface area contributed by atoms with Crippen LogP contribution in [0.15, 0.2) is 0 Å². The van der Waals surface area contributed by atoms with Crippen molar-refractivity contribution in [3.05, 3.63) is 0 Å². The maximum atomic E-state index is 12.2. The van der Waals surface area contributed by atoms with Crippen molar-refractivity contribution in [2.75, 3.05) is 19.1 Å². The van der Waals surface area contributed by atoms with Gasteiger partial charge in [0, 0.05) is 13.1 Å². The third-order valence-corrected chi connectivity index (χ3v) is 4.03. The van der Waals surface area contributed by atoms with Gasteiger partial charge in [0.1, 0.15) is 0 Å². The second kappa shape index (κ2) is 6.45. The molecule has 3 nitrogen and oxygen atoms in total. The highest BCUT2D eigenvalue weighted by Crippen LogP contribution is 2.21. The van der Waals surface area contributed by atoms with Crippen LogP contribution in [-0.2, 0) is 4.79 Å². The van der Waals surface area contributed by atoms with E-state index in [4.69, 9.17) is 18.0 Å². The zero-order chi connectivity index (χ0) is 12.9. The SMILES string of the molecule is CSCCC(C)N(C)C(=O)C(C)(C)C(N)=S. The zero-order valence-corrected chi connectivity index (χ0v) is 12.4. The van der Waals surface area contributed by atoms with E-state index in [1.54, 1.807) is 30.5 Å². The summed E-state index contributed by atoms with van der Waals surface area (Å²) < 4.78 is 0. The molecule has 0 radical (unpaired) electrons. The molecule has 0 rings (SSSR count). The second-order valence-electron chi connectivity index (χ2n) is 4.54. The number of carbonyl (C=O) groups is 1. The molecular formula is C11H22N2OS2. The molecule has 1 atom stereocenters. The first-order chi connectivity index (χ1) is 7.25. The maximum Gasteiger partial charge on any atom is 0.235 e. The van der Waals surface area contributed by atoms with Crippen LogP contribution in [0.5, 0.6) is 0 Å². The minimum absolute atomic E-state index is 0.00592. The lowest BCUT2D eigenvalue weighted by Crippen LogP contribution is -2.48. The van der Waals surface area contributed by atoms with Gasteiger partial charge in [0.2, 0.25) is 5.91 Å². The van der Waals surface area contributed by atoms with Gasteiger partial charge in [0.25, 0.3) is 0 Å². The summed E-state index contributed by atoms with van der Waals surface area (Å²) in [7, 11) is 1.81. The van der Waals surface area contributed by atoms with Crippen molar-refractivity contribution >= 4 is 34.9 Å². The van der Waals surface area contributed by atoms with Crippen LogP contribution in [0.4, 0.5) is 0 Å². The Labute approximate surface area is 108 Å². The predicted octanol–water partition coefficient (Wildman–Crippen LogP) is 1.90. The largest absolute Gasteiger partial charge is 0.392 e. The minimum Gasteiger partial charge on any atom is -0.392 e. The molecule has 0 aromatic carbocycles. The number of nitrogens with zero attached hydrogens (tertiary/aromatic N) is 1. The van der Waals surface area contributed by atoms with E-state index in [0.717, 1.165) is 12.2 Å². The number of carbonyl (C=O) groups excluding carboxylic acids is 1. The van der Waals surface area contributed by atoms with Crippen LogP contribution < -0.4 is 5.73 Å². The van der Waals surface area contributed by atoms with E-state index in [9.17, 15) is 4.79 Å². The van der Waals surface area contributed by atoms with Gasteiger partial charge in [-0.2, -0.15) is 11.8 Å². The van der Waals surface area contributed by atoms with Gasteiger partial charge in [-0.25, -0.2) is 0 Å². The summed E-state index contributed by atoms with van der Waals surface area (Å²) >= 11 is 6.71. The molecule has 0 spiro atoms. The lowest BCUT2D eigenvalue weighted by molar-refractivity contribution is -0.137. The molecule has 0 aromatic heterocycles. The highest BCUT2D eigenvalue weighted by Gasteiger charge is 2.34. The first kappa shape index (κ1) is 15.7. The van der Waals surface area contributed by atoms with E-state index in [2.05, 4.69) is 6.26 Å². The summed E-state index contributed by atoms with van der Waals surface area (Å²) in [5.74, 6) is 1.04. The predicted molar refractivity (Wildman–Crippen MR) is 75.8 cm³/mol. The average Bonchev–Trinajstić information content (AvgIpc) is 2.23. The fourth-order valence-electron chi connectivity index (χ4n) is 1.23. The number of hydrogen-bond acceptors (Lipinski definition) is 3. The molecule has 0 bridgehead atoms. The van der Waals surface area contributed by atoms with Gasteiger partial charge in [-0.05, 0) is 39.2 Å². The smallest absolute Gasteiger partial charge is 0.235 e. The van der Waals surface area contributed by atoms with Crippen molar-refractivity contribution in [3.63, 3.8) is 0 Å². The fraction of sp³-hybridized carbons (Fsp3) is 0.818. The Hall–Kier alpha value is -0.290. The number of nitrogens with two attached hydrogens (primary N) is 1. The van der Waals surface area contributed by atoms with Gasteiger partial charge in [-0.1, -0.05) is 12.2 Å². The molecule has 0 aliphatic carbocycles. The van der Waals surface area contributed by atoms with E-state index >= 15 is 0 Å². The monoisotopic (exact) mass is 262 g/mol. The van der Waals surface area contributed by atoms with Gasteiger partial charge in [-0.3, -0.25) is 4.79 Å². The first-order valence-electron chi connectivity index (χ1n) is 5.31. The lowest BCUT2D eigenvalue weighted by Gasteiger charge is -2.32. The summed E-state index contributed by atoms with van der Waals surface area (Å²) in [4.78, 5) is 14.2. The maximum absolute atomic E-state index is 12.2. The van der Waals surface area contributed by atoms with Crippen molar-refractivity contribution < 1.29 is 4.79 Å². The van der Waals surface area contributed by atoms with Gasteiger partial charge in [-0.15, -0.1) is 0 Å². The summed E-state index contributed by atoms with van der Waals surface area (Å²) in [6.45, 7) is 5.59. The molecule has 0 saturated heterocycles. The molecular weight excluding hydrogens is 240 g/mol. The molecule has 1 amide bonds. The lowest BCUT2D eigenvalue weighted by atomic mass is 9.91. The number of hydrogen-bond donors (Lipinski definition) is 1. The topological polar surface area (TPSA) is 46.3 Å². The Morgan fingerprint density at radius 1 is 1.56 bits per heavy atom. The molecule has 0 saturated carbocycles. The van der Waals surface area contributed by atoms with Gasteiger partial charge in [0.05, 0.1) is 10.4 Å². The summed E-state index contributed by atoms with van der Waals surface area (Å²) in [5.41, 5.74) is 4.84. The highest BCUT2D eigenvalue weighted by atomic mass is 32.2. The third-order valence-electron chi connectivity index (χ3n) is 2.87. The number of amides is 1. The van der Waals surface area contributed by atoms with Crippen molar-refractivity contribution in [2.45, 2.75) is 33.2 Å². The zero-order valence-electron chi connectivity index (χ0n) is 10.7. The molecule has 0 heterocycles. The molecule has 2 N–H and O–H groups in total. The van der Waals surface area contributed by atoms with Crippen LogP contribution in [0.3, 0.4) is 0 Å². The van der Waals surface area contributed by atoms with Crippen LogP contribution >= 0.6 is 24.0 Å². The van der Waals surface area contributed by atoms with Crippen LogP contribution in [0, 0.1) is 5.41 Å². The molecule has 0 fully saturated rings. The fourth-order valence-corrected chi connectivity index (χ4v) is 1.89. The van der Waals surface area contributed by atoms with Crippen molar-refractivity contribution in [1.82, 2.24) is 4.90 Å². The molecule has 16 heavy (non-hydrogen) atoms. The van der Waals surface area contributed by atoms with Gasteiger partial charge >= 0.3 is 0 Å². The Morgan fingerprint density at radius 2 is 2.06 bits per heavy atom. The van der Waals surface area contributed by atoms with Crippen LogP contribution in [0.2, 0.25) is 0 Å². The van der Waals surface area contributed by atoms with E-state index in [1.807, 2.05) is 14.0 Å². The van der Waals surface area contributed by atoms with Gasteiger partial charge < -0.3 is 10.6 Å². The summed E-state index contributed by atoms with van der Waals surface area (Å²) in [5, 5.41) is 0. The van der Waals surface area contributed by atoms with Crippen LogP contribution in [0.25, 0.3) is 0 Å². The third kappa shape index (κ3) is 3.94. The first-order valence-corrected chi connectivity index (χ1v) is 7.11. The van der Waals surface area contributed by atoms with Crippen LogP contribution in [0.1, 0.15) is 27.2 Å². The van der Waals surface area contributed by atoms with Crippen molar-refractivity contribution in [1.29, 1.82) is 0 Å². The number of rotatable bonds is 6. The van der Waals surface area contributed by atoms with E-state index in [1.165, 1.54) is 0 Å². The normalized spacial score (nSPS) is 13.3. The standard InChI is InChI=1S/C11H22N2OS2/c1-8(6-7-16-5)13(4)10(14)11(2,3)9(12)15/h8H,6-7H2,1-5H3,(H2,12,15). The Balaban J connectivity index is 4.54. The van der Waals surface area contributed by atoms with E-state index in [-0.39, 0.29) is 16.9 Å². The van der Waals surface area contributed by atoms with E-state index in [0.29, 0.717) is 0 Å². The number of thioether (sulfide) groups is 1. The quantitative estimate of drug-likeness (QED) is 0.743. The summed E-state index contributed by atoms with van der Waals surface area (Å²) in [6.07, 6.45) is 3.05. The second-order valence-corrected chi connectivity index (χ2v) is 5.96. The number of thiocarbonyl (C=S) groups is 1. The molecule has 0 aromatic rings. The van der Waals surface area contributed by atoms with Crippen molar-refractivity contribution in [3.8, 4) is 0 Å². The molecule has 0 aliphatic rings. The minimum atomic E-state index is -0.752. The molecule has 5 heteroatoms. The average molecular weight is 262 g/mol. The molecule has 94 valence electrons. The van der Waals surface area contributed by atoms with Crippen LogP contribution in [-0.4, -0.2) is 40.9 Å². The Morgan fingerprint density at radius 3 is 2.44 bits per heavy atom. The Kier molecular flexibility index (Phi) is 6.33.